The number of ether oxygens (including phenoxy) is 1. The first-order valence-electron chi connectivity index (χ1n) is 7.46. The van der Waals surface area contributed by atoms with Crippen molar-refractivity contribution in [1.29, 1.82) is 0 Å². The highest BCUT2D eigenvalue weighted by Gasteiger charge is 2.13. The topological polar surface area (TPSA) is 55.4 Å². The van der Waals surface area contributed by atoms with E-state index in [9.17, 15) is 9.59 Å². The Bertz CT molecular complexity index is 678. The minimum absolute atomic E-state index is 0.147. The van der Waals surface area contributed by atoms with Crippen molar-refractivity contribution >= 4 is 23.5 Å². The molecule has 1 amide bonds. The average Bonchev–Trinajstić information content (AvgIpc) is 2.59. The van der Waals surface area contributed by atoms with Crippen LogP contribution < -0.4 is 5.32 Å². The van der Waals surface area contributed by atoms with Crippen molar-refractivity contribution in [2.24, 2.45) is 0 Å². The van der Waals surface area contributed by atoms with Crippen molar-refractivity contribution in [3.63, 3.8) is 0 Å². The molecule has 0 saturated carbocycles. The van der Waals surface area contributed by atoms with E-state index in [1.54, 1.807) is 13.0 Å². The monoisotopic (exact) mass is 309 g/mol. The van der Waals surface area contributed by atoms with Gasteiger partial charge in [-0.25, -0.2) is 0 Å². The summed E-state index contributed by atoms with van der Waals surface area (Å²) in [6.45, 7) is 1.87. The molecule has 118 valence electrons. The van der Waals surface area contributed by atoms with Gasteiger partial charge in [-0.15, -0.1) is 0 Å². The lowest BCUT2D eigenvalue weighted by atomic mass is 10.0. The van der Waals surface area contributed by atoms with Crippen LogP contribution >= 0.6 is 0 Å². The van der Waals surface area contributed by atoms with Crippen molar-refractivity contribution in [2.75, 3.05) is 13.2 Å². The lowest BCUT2D eigenvalue weighted by Crippen LogP contribution is -2.31. The molecule has 0 spiro atoms. The molecule has 0 saturated heterocycles. The second-order valence-corrected chi connectivity index (χ2v) is 4.82. The van der Waals surface area contributed by atoms with E-state index >= 15 is 0 Å². The average molecular weight is 309 g/mol. The molecular formula is C19H19NO3. The Morgan fingerprint density at radius 3 is 2.22 bits per heavy atom. The molecule has 0 aromatic heterocycles. The third-order valence-electron chi connectivity index (χ3n) is 3.14. The van der Waals surface area contributed by atoms with E-state index in [0.29, 0.717) is 12.2 Å². The number of carbonyl (C=O) groups is 2. The Morgan fingerprint density at radius 2 is 1.61 bits per heavy atom. The van der Waals surface area contributed by atoms with Gasteiger partial charge >= 0.3 is 5.97 Å². The number of nitrogens with one attached hydrogen (secondary N) is 1. The quantitative estimate of drug-likeness (QED) is 0.507. The number of amides is 1. The largest absolute Gasteiger partial charge is 0.465 e. The summed E-state index contributed by atoms with van der Waals surface area (Å²) < 4.78 is 4.82. The molecule has 0 aliphatic rings. The van der Waals surface area contributed by atoms with E-state index in [2.05, 4.69) is 5.32 Å². The van der Waals surface area contributed by atoms with Crippen LogP contribution in [0.1, 0.15) is 18.1 Å². The molecule has 2 rings (SSSR count). The number of hydrogen-bond donors (Lipinski definition) is 1. The van der Waals surface area contributed by atoms with Crippen LogP contribution in [0.15, 0.2) is 60.7 Å². The Balaban J connectivity index is 2.22. The van der Waals surface area contributed by atoms with Crippen LogP contribution in [0.5, 0.6) is 0 Å². The second-order valence-electron chi connectivity index (χ2n) is 4.82. The number of esters is 1. The van der Waals surface area contributed by atoms with Crippen molar-refractivity contribution in [1.82, 2.24) is 5.32 Å². The molecule has 23 heavy (non-hydrogen) atoms. The highest BCUT2D eigenvalue weighted by molar-refractivity contribution is 6.24. The Labute approximate surface area is 135 Å². The molecule has 0 aliphatic heterocycles. The first-order chi connectivity index (χ1) is 11.2. The van der Waals surface area contributed by atoms with Crippen LogP contribution in [0.3, 0.4) is 0 Å². The van der Waals surface area contributed by atoms with Crippen molar-refractivity contribution in [3.8, 4) is 0 Å². The van der Waals surface area contributed by atoms with Gasteiger partial charge in [-0.05, 0) is 24.1 Å². The Morgan fingerprint density at radius 1 is 1.00 bits per heavy atom. The number of carbonyl (C=O) groups excluding carboxylic acids is 2. The van der Waals surface area contributed by atoms with Gasteiger partial charge in [0.25, 0.3) is 5.91 Å². The molecule has 1 N–H and O–H groups in total. The van der Waals surface area contributed by atoms with Crippen LogP contribution in [0.4, 0.5) is 0 Å². The van der Waals surface area contributed by atoms with Crippen LogP contribution in [-0.2, 0) is 14.3 Å². The minimum Gasteiger partial charge on any atom is -0.465 e. The molecule has 0 unspecified atom stereocenters. The van der Waals surface area contributed by atoms with Gasteiger partial charge in [-0.1, -0.05) is 60.7 Å². The molecule has 2 aromatic carbocycles. The van der Waals surface area contributed by atoms with Crippen LogP contribution in [0.2, 0.25) is 0 Å². The molecule has 2 aromatic rings. The summed E-state index contributed by atoms with van der Waals surface area (Å²) in [7, 11) is 0. The molecule has 0 aliphatic carbocycles. The van der Waals surface area contributed by atoms with E-state index < -0.39 is 5.97 Å². The van der Waals surface area contributed by atoms with Gasteiger partial charge < -0.3 is 10.1 Å². The fourth-order valence-corrected chi connectivity index (χ4v) is 2.07. The number of rotatable bonds is 6. The fourth-order valence-electron chi connectivity index (χ4n) is 2.07. The summed E-state index contributed by atoms with van der Waals surface area (Å²) in [5.41, 5.74) is 2.21. The number of benzene rings is 2. The van der Waals surface area contributed by atoms with Gasteiger partial charge in [0.2, 0.25) is 0 Å². The van der Waals surface area contributed by atoms with Crippen LogP contribution in [0, 0.1) is 0 Å². The van der Waals surface area contributed by atoms with E-state index in [-0.39, 0.29) is 12.5 Å². The predicted octanol–water partition coefficient (Wildman–Crippen LogP) is 2.91. The van der Waals surface area contributed by atoms with Gasteiger partial charge in [-0.2, -0.15) is 0 Å². The summed E-state index contributed by atoms with van der Waals surface area (Å²) in [5.74, 6) is -0.763. The first-order valence-corrected chi connectivity index (χ1v) is 7.46. The van der Waals surface area contributed by atoms with Crippen molar-refractivity contribution in [3.05, 3.63) is 71.8 Å². The first kappa shape index (κ1) is 16.5. The van der Waals surface area contributed by atoms with Crippen molar-refractivity contribution in [2.45, 2.75) is 6.92 Å². The predicted molar refractivity (Wildman–Crippen MR) is 90.4 cm³/mol. The van der Waals surface area contributed by atoms with E-state index in [0.717, 1.165) is 11.1 Å². The second kappa shape index (κ2) is 8.54. The fraction of sp³-hybridized carbons (Fsp3) is 0.158. The highest BCUT2D eigenvalue weighted by Crippen LogP contribution is 2.18. The van der Waals surface area contributed by atoms with Gasteiger partial charge in [0.15, 0.2) is 0 Å². The molecule has 0 bridgehead atoms. The molecular weight excluding hydrogens is 290 g/mol. The van der Waals surface area contributed by atoms with E-state index in [1.165, 1.54) is 0 Å². The summed E-state index contributed by atoms with van der Waals surface area (Å²) in [5, 5.41) is 2.60. The van der Waals surface area contributed by atoms with Gasteiger partial charge in [0, 0.05) is 5.57 Å². The lowest BCUT2D eigenvalue weighted by molar-refractivity contribution is -0.143. The standard InChI is InChI=1S/C19H19NO3/c1-2-23-18(21)14-20-19(22)17(16-11-7-4-8-12-16)13-15-9-5-3-6-10-15/h3-13H,2,14H2,1H3,(H,20,22). The molecule has 0 fully saturated rings. The van der Waals surface area contributed by atoms with Gasteiger partial charge in [0.1, 0.15) is 6.54 Å². The summed E-state index contributed by atoms with van der Waals surface area (Å²) in [6, 6.07) is 18.9. The van der Waals surface area contributed by atoms with Gasteiger partial charge in [-0.3, -0.25) is 9.59 Å². The molecule has 0 heterocycles. The minimum atomic E-state index is -0.451. The SMILES string of the molecule is CCOC(=O)CNC(=O)C(=Cc1ccccc1)c1ccccc1. The summed E-state index contributed by atoms with van der Waals surface area (Å²) in [4.78, 5) is 23.9. The summed E-state index contributed by atoms with van der Waals surface area (Å²) >= 11 is 0. The molecule has 4 nitrogen and oxygen atoms in total. The summed E-state index contributed by atoms with van der Waals surface area (Å²) in [6.07, 6.45) is 1.80. The van der Waals surface area contributed by atoms with Crippen LogP contribution in [0.25, 0.3) is 11.6 Å². The number of hydrogen-bond acceptors (Lipinski definition) is 3. The molecule has 0 radical (unpaired) electrons. The third kappa shape index (κ3) is 5.11. The normalized spacial score (nSPS) is 10.9. The Kier molecular flexibility index (Phi) is 6.12. The molecule has 0 atom stereocenters. The smallest absolute Gasteiger partial charge is 0.325 e. The van der Waals surface area contributed by atoms with Crippen molar-refractivity contribution < 1.29 is 14.3 Å². The lowest BCUT2D eigenvalue weighted by Gasteiger charge is -2.09. The highest BCUT2D eigenvalue weighted by atomic mass is 16.5. The zero-order valence-corrected chi connectivity index (χ0v) is 13.0. The maximum atomic E-state index is 12.5. The maximum Gasteiger partial charge on any atom is 0.325 e. The maximum absolute atomic E-state index is 12.5. The van der Waals surface area contributed by atoms with Crippen LogP contribution in [-0.4, -0.2) is 25.0 Å². The zero-order valence-electron chi connectivity index (χ0n) is 13.0. The zero-order chi connectivity index (χ0) is 16.5. The van der Waals surface area contributed by atoms with E-state index in [4.69, 9.17) is 4.74 Å². The Hall–Kier alpha value is -2.88. The van der Waals surface area contributed by atoms with E-state index in [1.807, 2.05) is 60.7 Å². The molecule has 4 heteroatoms. The van der Waals surface area contributed by atoms with Gasteiger partial charge in [0.05, 0.1) is 6.61 Å². The third-order valence-corrected chi connectivity index (χ3v) is 3.14.